The lowest BCUT2D eigenvalue weighted by molar-refractivity contribution is -0.291. The molecule has 0 atom stereocenters. The molecule has 2 aromatic heterocycles. The van der Waals surface area contributed by atoms with Gasteiger partial charge in [0.2, 0.25) is 0 Å². The highest BCUT2D eigenvalue weighted by Crippen LogP contribution is 2.43. The van der Waals surface area contributed by atoms with E-state index >= 15 is 0 Å². The van der Waals surface area contributed by atoms with E-state index in [0.29, 0.717) is 11.8 Å². The molecular weight excluding hydrogens is 309 g/mol. The fourth-order valence-corrected chi connectivity index (χ4v) is 1.77. The van der Waals surface area contributed by atoms with Gasteiger partial charge in [-0.25, -0.2) is 4.98 Å². The summed E-state index contributed by atoms with van der Waals surface area (Å²) in [6, 6.07) is 0.227. The molecule has 2 rings (SSSR count). The summed E-state index contributed by atoms with van der Waals surface area (Å²) in [6.45, 7) is 5.50. The van der Waals surface area contributed by atoms with E-state index in [4.69, 9.17) is 4.74 Å². The van der Waals surface area contributed by atoms with Gasteiger partial charge in [-0.3, -0.25) is 4.40 Å². The van der Waals surface area contributed by atoms with Gasteiger partial charge >= 0.3 is 18.1 Å². The van der Waals surface area contributed by atoms with Crippen LogP contribution in [0.1, 0.15) is 32.2 Å². The Morgan fingerprint density at radius 2 is 1.59 bits per heavy atom. The molecular formula is C13H14F5N3O. The van der Waals surface area contributed by atoms with Crippen molar-refractivity contribution in [2.24, 2.45) is 0 Å². The monoisotopic (exact) mass is 323 g/mol. The molecule has 0 aliphatic heterocycles. The van der Waals surface area contributed by atoms with E-state index in [1.54, 1.807) is 0 Å². The fourth-order valence-electron chi connectivity index (χ4n) is 1.77. The number of rotatable bonds is 2. The highest BCUT2D eigenvalue weighted by molar-refractivity contribution is 5.45. The minimum atomic E-state index is -5.75. The van der Waals surface area contributed by atoms with E-state index in [1.807, 2.05) is 20.8 Å². The van der Waals surface area contributed by atoms with Crippen LogP contribution in [0.4, 0.5) is 22.0 Å². The smallest absolute Gasteiger partial charge is 0.459 e. The molecule has 0 unspecified atom stereocenters. The van der Waals surface area contributed by atoms with E-state index in [-0.39, 0.29) is 11.7 Å². The van der Waals surface area contributed by atoms with Gasteiger partial charge in [0.15, 0.2) is 0 Å². The molecule has 9 heteroatoms. The second-order valence-electron chi connectivity index (χ2n) is 5.80. The normalized spacial score (nSPS) is 13.7. The average molecular weight is 323 g/mol. The van der Waals surface area contributed by atoms with Gasteiger partial charge < -0.3 is 4.74 Å². The van der Waals surface area contributed by atoms with Crippen LogP contribution in [0.3, 0.4) is 0 Å². The van der Waals surface area contributed by atoms with Gasteiger partial charge in [0.05, 0.1) is 12.8 Å². The molecule has 4 nitrogen and oxygen atoms in total. The van der Waals surface area contributed by atoms with Crippen molar-refractivity contribution in [1.82, 2.24) is 14.4 Å². The molecule has 0 saturated carbocycles. The summed E-state index contributed by atoms with van der Waals surface area (Å²) in [6.07, 6.45) is -4.25. The van der Waals surface area contributed by atoms with Crippen molar-refractivity contribution in [3.8, 4) is 6.01 Å². The zero-order chi connectivity index (χ0) is 16.9. The van der Waals surface area contributed by atoms with Gasteiger partial charge in [-0.15, -0.1) is 0 Å². The van der Waals surface area contributed by atoms with Crippen LogP contribution in [0.5, 0.6) is 6.01 Å². The lowest BCUT2D eigenvalue weighted by Crippen LogP contribution is -2.34. The number of ether oxygens (including phenoxy) is 1. The van der Waals surface area contributed by atoms with Crippen molar-refractivity contribution in [2.75, 3.05) is 7.11 Å². The summed E-state index contributed by atoms with van der Waals surface area (Å²) in [7, 11) is 1.13. The van der Waals surface area contributed by atoms with E-state index in [1.165, 1.54) is 10.6 Å². The molecule has 0 amide bonds. The van der Waals surface area contributed by atoms with Crippen LogP contribution >= 0.6 is 0 Å². The molecule has 0 bridgehead atoms. The Morgan fingerprint density at radius 3 is 2.05 bits per heavy atom. The molecule has 0 aliphatic carbocycles. The zero-order valence-electron chi connectivity index (χ0n) is 12.3. The second-order valence-corrected chi connectivity index (χ2v) is 5.80. The molecule has 0 radical (unpaired) electrons. The summed E-state index contributed by atoms with van der Waals surface area (Å²) in [5.41, 5.74) is -1.44. The molecule has 0 N–H and O–H groups in total. The third-order valence-corrected chi connectivity index (χ3v) is 3.05. The van der Waals surface area contributed by atoms with Gasteiger partial charge in [0, 0.05) is 17.7 Å². The van der Waals surface area contributed by atoms with Crippen LogP contribution in [0, 0.1) is 0 Å². The molecule has 122 valence electrons. The molecule has 0 spiro atoms. The molecule has 0 fully saturated rings. The average Bonchev–Trinajstić information content (AvgIpc) is 2.79. The lowest BCUT2D eigenvalue weighted by atomic mass is 9.93. The topological polar surface area (TPSA) is 39.4 Å². The number of halogens is 5. The van der Waals surface area contributed by atoms with Crippen molar-refractivity contribution >= 4 is 5.65 Å². The first-order chi connectivity index (χ1) is 9.88. The summed E-state index contributed by atoms with van der Waals surface area (Å²) in [4.78, 5) is 7.37. The highest BCUT2D eigenvalue weighted by atomic mass is 19.4. The van der Waals surface area contributed by atoms with Crippen LogP contribution in [0.25, 0.3) is 5.65 Å². The number of fused-ring (bicyclic) bond motifs is 1. The van der Waals surface area contributed by atoms with Gasteiger partial charge in [0.25, 0.3) is 0 Å². The number of imidazole rings is 1. The summed E-state index contributed by atoms with van der Waals surface area (Å²) in [5.74, 6) is -5.09. The Labute approximate surface area is 122 Å². The van der Waals surface area contributed by atoms with Crippen LogP contribution in [0.2, 0.25) is 0 Å². The van der Waals surface area contributed by atoms with Crippen molar-refractivity contribution in [3.63, 3.8) is 0 Å². The fraction of sp³-hybridized carbons (Fsp3) is 0.538. The lowest BCUT2D eigenvalue weighted by Gasteiger charge is -2.19. The zero-order valence-corrected chi connectivity index (χ0v) is 12.3. The van der Waals surface area contributed by atoms with Crippen LogP contribution in [-0.2, 0) is 11.3 Å². The molecule has 2 aromatic rings. The third-order valence-electron chi connectivity index (χ3n) is 3.05. The SMILES string of the molecule is COc1nc(C(F)(F)C(F)(F)F)cc2nc(C(C)(C)C)cn12. The van der Waals surface area contributed by atoms with Gasteiger partial charge in [-0.2, -0.15) is 26.9 Å². The number of hydrogen-bond acceptors (Lipinski definition) is 3. The van der Waals surface area contributed by atoms with Crippen molar-refractivity contribution in [3.05, 3.63) is 23.7 Å². The Kier molecular flexibility index (Phi) is 3.58. The standard InChI is InChI=1S/C13H14F5N3O/c1-11(2,3)8-6-21-9(19-8)5-7(20-10(21)22-4)12(14,15)13(16,17)18/h5-6H,1-4H3. The number of nitrogens with zero attached hydrogens (tertiary/aromatic N) is 3. The Bertz CT molecular complexity index is 700. The largest absolute Gasteiger partial charge is 0.468 e. The summed E-state index contributed by atoms with van der Waals surface area (Å²) >= 11 is 0. The minimum absolute atomic E-state index is 0.0873. The third kappa shape index (κ3) is 2.59. The number of aromatic nitrogens is 3. The second kappa shape index (κ2) is 4.79. The predicted octanol–water partition coefficient (Wildman–Crippen LogP) is 3.69. The molecule has 0 aromatic carbocycles. The van der Waals surface area contributed by atoms with E-state index in [0.717, 1.165) is 7.11 Å². The van der Waals surface area contributed by atoms with E-state index < -0.39 is 23.2 Å². The maximum Gasteiger partial charge on any atom is 0.459 e. The highest BCUT2D eigenvalue weighted by Gasteiger charge is 2.60. The van der Waals surface area contributed by atoms with Crippen molar-refractivity contribution in [1.29, 1.82) is 0 Å². The first-order valence-corrected chi connectivity index (χ1v) is 6.27. The predicted molar refractivity (Wildman–Crippen MR) is 68.2 cm³/mol. The Balaban J connectivity index is 2.70. The Hall–Kier alpha value is -1.93. The minimum Gasteiger partial charge on any atom is -0.468 e. The first kappa shape index (κ1) is 16.4. The van der Waals surface area contributed by atoms with Crippen LogP contribution in [-0.4, -0.2) is 27.7 Å². The summed E-state index contributed by atoms with van der Waals surface area (Å²) in [5, 5.41) is 0. The van der Waals surface area contributed by atoms with Crippen molar-refractivity contribution < 1.29 is 26.7 Å². The molecule has 22 heavy (non-hydrogen) atoms. The van der Waals surface area contributed by atoms with Gasteiger partial charge in [0.1, 0.15) is 11.3 Å². The quantitative estimate of drug-likeness (QED) is 0.791. The number of methoxy groups -OCH3 is 1. The number of alkyl halides is 5. The van der Waals surface area contributed by atoms with Gasteiger partial charge in [-0.05, 0) is 0 Å². The van der Waals surface area contributed by atoms with E-state index in [2.05, 4.69) is 9.97 Å². The van der Waals surface area contributed by atoms with Crippen LogP contribution in [0.15, 0.2) is 12.3 Å². The maximum absolute atomic E-state index is 13.5. The maximum atomic E-state index is 13.5. The van der Waals surface area contributed by atoms with Gasteiger partial charge in [-0.1, -0.05) is 20.8 Å². The molecule has 2 heterocycles. The van der Waals surface area contributed by atoms with E-state index in [9.17, 15) is 22.0 Å². The first-order valence-electron chi connectivity index (χ1n) is 6.27. The summed E-state index contributed by atoms with van der Waals surface area (Å²) < 4.78 is 70.5. The Morgan fingerprint density at radius 1 is 1.00 bits per heavy atom. The number of hydrogen-bond donors (Lipinski definition) is 0. The molecule has 0 saturated heterocycles. The molecule has 0 aliphatic rings. The van der Waals surface area contributed by atoms with Crippen molar-refractivity contribution in [2.45, 2.75) is 38.3 Å². The van der Waals surface area contributed by atoms with Crippen LogP contribution < -0.4 is 4.74 Å².